The van der Waals surface area contributed by atoms with Crippen LogP contribution in [0.1, 0.15) is 72.1 Å². The van der Waals surface area contributed by atoms with Crippen LogP contribution in [0.5, 0.6) is 0 Å². The van der Waals surface area contributed by atoms with Crippen molar-refractivity contribution in [2.24, 2.45) is 17.1 Å². The summed E-state index contributed by atoms with van der Waals surface area (Å²) in [4.78, 5) is 0. The van der Waals surface area contributed by atoms with Gasteiger partial charge in [0.05, 0.1) is 11.7 Å². The van der Waals surface area contributed by atoms with Crippen molar-refractivity contribution in [2.45, 2.75) is 83.8 Å². The predicted molar refractivity (Wildman–Crippen MR) is 76.5 cm³/mol. The van der Waals surface area contributed by atoms with Gasteiger partial charge in [0.25, 0.3) is 0 Å². The predicted octanol–water partition coefficient (Wildman–Crippen LogP) is 3.88. The highest BCUT2D eigenvalue weighted by Crippen LogP contribution is 2.40. The molecule has 2 saturated carbocycles. The molecule has 0 bridgehead atoms. The Hall–Kier alpha value is -0.0800. The topological polar surface area (TPSA) is 35.2 Å². The quantitative estimate of drug-likeness (QED) is 0.828. The summed E-state index contributed by atoms with van der Waals surface area (Å²) in [6.07, 6.45) is 10.4. The molecular weight excluding hydrogens is 222 g/mol. The second kappa shape index (κ2) is 5.50. The first-order valence-corrected chi connectivity index (χ1v) is 7.83. The van der Waals surface area contributed by atoms with Crippen molar-refractivity contribution < 1.29 is 4.74 Å². The first-order valence-electron chi connectivity index (χ1n) is 7.83. The Balaban J connectivity index is 1.87. The summed E-state index contributed by atoms with van der Waals surface area (Å²) in [5, 5.41) is 0. The third-order valence-electron chi connectivity index (χ3n) is 5.26. The molecule has 2 nitrogen and oxygen atoms in total. The largest absolute Gasteiger partial charge is 0.370 e. The maximum Gasteiger partial charge on any atom is 0.0808 e. The van der Waals surface area contributed by atoms with Crippen LogP contribution in [0.15, 0.2) is 0 Å². The maximum atomic E-state index is 6.49. The summed E-state index contributed by atoms with van der Waals surface area (Å²) >= 11 is 0. The Morgan fingerprint density at radius 3 is 2.06 bits per heavy atom. The van der Waals surface area contributed by atoms with Crippen molar-refractivity contribution in [3.63, 3.8) is 0 Å². The van der Waals surface area contributed by atoms with Crippen molar-refractivity contribution >= 4 is 0 Å². The van der Waals surface area contributed by atoms with Crippen molar-refractivity contribution in [3.05, 3.63) is 0 Å². The third kappa shape index (κ3) is 3.48. The van der Waals surface area contributed by atoms with Gasteiger partial charge < -0.3 is 10.5 Å². The molecule has 18 heavy (non-hydrogen) atoms. The molecule has 2 aliphatic rings. The van der Waals surface area contributed by atoms with Crippen LogP contribution in [-0.2, 0) is 4.74 Å². The lowest BCUT2D eigenvalue weighted by Crippen LogP contribution is -2.47. The van der Waals surface area contributed by atoms with Gasteiger partial charge in [0.15, 0.2) is 0 Å². The molecule has 0 aromatic heterocycles. The van der Waals surface area contributed by atoms with E-state index in [9.17, 15) is 0 Å². The highest BCUT2D eigenvalue weighted by Gasteiger charge is 2.38. The summed E-state index contributed by atoms with van der Waals surface area (Å²) in [5.74, 6) is 0.860. The molecule has 0 radical (unpaired) electrons. The minimum absolute atomic E-state index is 0.0126. The number of ether oxygens (including phenoxy) is 1. The fraction of sp³-hybridized carbons (Fsp3) is 1.00. The van der Waals surface area contributed by atoms with E-state index in [0.29, 0.717) is 18.1 Å². The van der Waals surface area contributed by atoms with E-state index in [2.05, 4.69) is 20.8 Å². The molecule has 0 aromatic carbocycles. The zero-order chi connectivity index (χ0) is 13.2. The molecule has 0 atom stereocenters. The Bertz CT molecular complexity index is 256. The van der Waals surface area contributed by atoms with Gasteiger partial charge in [-0.15, -0.1) is 0 Å². The monoisotopic (exact) mass is 253 g/mol. The van der Waals surface area contributed by atoms with E-state index in [1.807, 2.05) is 0 Å². The summed E-state index contributed by atoms with van der Waals surface area (Å²) in [7, 11) is 0. The third-order valence-corrected chi connectivity index (χ3v) is 5.26. The lowest BCUT2D eigenvalue weighted by molar-refractivity contribution is -0.129. The van der Waals surface area contributed by atoms with Crippen LogP contribution in [0.25, 0.3) is 0 Å². The standard InChI is InChI=1S/C16H31NO/c1-13-4-10-16(12-17,11-5-13)18-14-6-8-15(2,3)9-7-14/h13-14H,4-12,17H2,1-3H3. The first-order chi connectivity index (χ1) is 8.45. The van der Waals surface area contributed by atoms with E-state index < -0.39 is 0 Å². The van der Waals surface area contributed by atoms with Crippen molar-refractivity contribution in [3.8, 4) is 0 Å². The molecule has 0 heterocycles. The van der Waals surface area contributed by atoms with Crippen molar-refractivity contribution in [1.29, 1.82) is 0 Å². The smallest absolute Gasteiger partial charge is 0.0808 e. The lowest BCUT2D eigenvalue weighted by Gasteiger charge is -2.43. The molecule has 0 amide bonds. The van der Waals surface area contributed by atoms with Crippen LogP contribution in [0.3, 0.4) is 0 Å². The lowest BCUT2D eigenvalue weighted by atomic mass is 9.75. The van der Waals surface area contributed by atoms with E-state index in [1.165, 1.54) is 51.4 Å². The van der Waals surface area contributed by atoms with Crippen molar-refractivity contribution in [2.75, 3.05) is 6.54 Å². The normalized spacial score (nSPS) is 37.7. The maximum absolute atomic E-state index is 6.49. The molecule has 0 aromatic rings. The molecule has 2 rings (SSSR count). The molecule has 106 valence electrons. The van der Waals surface area contributed by atoms with Gasteiger partial charge in [-0.3, -0.25) is 0 Å². The first kappa shape index (κ1) is 14.3. The average molecular weight is 253 g/mol. The molecule has 0 spiro atoms. The molecule has 2 heteroatoms. The SMILES string of the molecule is CC1CCC(CN)(OC2CCC(C)(C)CC2)CC1. The second-order valence-electron chi connectivity index (χ2n) is 7.55. The Morgan fingerprint density at radius 1 is 1.00 bits per heavy atom. The van der Waals surface area contributed by atoms with Crippen LogP contribution in [0.2, 0.25) is 0 Å². The van der Waals surface area contributed by atoms with Gasteiger partial charge in [0, 0.05) is 6.54 Å². The highest BCUT2D eigenvalue weighted by atomic mass is 16.5. The van der Waals surface area contributed by atoms with Gasteiger partial charge in [-0.2, -0.15) is 0 Å². The van der Waals surface area contributed by atoms with Crippen molar-refractivity contribution in [1.82, 2.24) is 0 Å². The zero-order valence-electron chi connectivity index (χ0n) is 12.5. The van der Waals surface area contributed by atoms with Gasteiger partial charge in [-0.25, -0.2) is 0 Å². The summed E-state index contributed by atoms with van der Waals surface area (Å²) < 4.78 is 6.49. The molecular formula is C16H31NO. The van der Waals surface area contributed by atoms with Gasteiger partial charge in [0.1, 0.15) is 0 Å². The number of nitrogens with two attached hydrogens (primary N) is 1. The minimum atomic E-state index is 0.0126. The van der Waals surface area contributed by atoms with Gasteiger partial charge in [-0.1, -0.05) is 20.8 Å². The van der Waals surface area contributed by atoms with Crippen LogP contribution in [-0.4, -0.2) is 18.2 Å². The molecule has 0 saturated heterocycles. The zero-order valence-corrected chi connectivity index (χ0v) is 12.5. The molecule has 2 N–H and O–H groups in total. The Morgan fingerprint density at radius 2 is 1.56 bits per heavy atom. The fourth-order valence-corrected chi connectivity index (χ4v) is 3.50. The Kier molecular flexibility index (Phi) is 4.38. The van der Waals surface area contributed by atoms with Gasteiger partial charge in [-0.05, 0) is 62.7 Å². The number of hydrogen-bond donors (Lipinski definition) is 1. The van der Waals surface area contributed by atoms with E-state index >= 15 is 0 Å². The van der Waals surface area contributed by atoms with E-state index in [1.54, 1.807) is 0 Å². The summed E-state index contributed by atoms with van der Waals surface area (Å²) in [6.45, 7) is 7.82. The summed E-state index contributed by atoms with van der Waals surface area (Å²) in [5.41, 5.74) is 6.57. The molecule has 2 aliphatic carbocycles. The minimum Gasteiger partial charge on any atom is -0.370 e. The van der Waals surface area contributed by atoms with E-state index in [4.69, 9.17) is 10.5 Å². The molecule has 0 unspecified atom stereocenters. The van der Waals surface area contributed by atoms with Crippen LogP contribution >= 0.6 is 0 Å². The van der Waals surface area contributed by atoms with Gasteiger partial charge in [0.2, 0.25) is 0 Å². The second-order valence-corrected chi connectivity index (χ2v) is 7.55. The van der Waals surface area contributed by atoms with Crippen LogP contribution in [0, 0.1) is 11.3 Å². The highest BCUT2D eigenvalue weighted by molar-refractivity contribution is 4.90. The van der Waals surface area contributed by atoms with E-state index in [-0.39, 0.29) is 5.60 Å². The Labute approximate surface area is 113 Å². The summed E-state index contributed by atoms with van der Waals surface area (Å²) in [6, 6.07) is 0. The average Bonchev–Trinajstić information content (AvgIpc) is 2.35. The fourth-order valence-electron chi connectivity index (χ4n) is 3.50. The van der Waals surface area contributed by atoms with Crippen LogP contribution in [0.4, 0.5) is 0 Å². The van der Waals surface area contributed by atoms with E-state index in [0.717, 1.165) is 5.92 Å². The number of hydrogen-bond acceptors (Lipinski definition) is 2. The van der Waals surface area contributed by atoms with Gasteiger partial charge >= 0.3 is 0 Å². The van der Waals surface area contributed by atoms with Crippen LogP contribution < -0.4 is 5.73 Å². The number of rotatable bonds is 3. The molecule has 0 aliphatic heterocycles. The molecule has 2 fully saturated rings.